The van der Waals surface area contributed by atoms with Gasteiger partial charge in [-0.15, -0.1) is 0 Å². The normalized spacial score (nSPS) is 20.5. The molecule has 1 fully saturated rings. The van der Waals surface area contributed by atoms with E-state index in [1.54, 1.807) is 0 Å². The number of carbonyl (C=O) groups is 4. The molecule has 1 saturated heterocycles. The molecule has 14 heteroatoms. The molecule has 0 radical (unpaired) electrons. The molecule has 0 aliphatic carbocycles. The van der Waals surface area contributed by atoms with Gasteiger partial charge in [-0.2, -0.15) is 26.3 Å². The second kappa shape index (κ2) is 10.7. The lowest BCUT2D eigenvalue weighted by Gasteiger charge is -2.46. The van der Waals surface area contributed by atoms with Gasteiger partial charge in [-0.3, -0.25) is 19.2 Å². The molecule has 2 aromatic carbocycles. The first-order chi connectivity index (χ1) is 19.0. The second-order valence-electron chi connectivity index (χ2n) is 9.97. The van der Waals surface area contributed by atoms with Gasteiger partial charge in [0.15, 0.2) is 0 Å². The average Bonchev–Trinajstić information content (AvgIpc) is 2.91. The van der Waals surface area contributed by atoms with E-state index in [0.717, 1.165) is 4.90 Å². The molecule has 2 aliphatic heterocycles. The van der Waals surface area contributed by atoms with Crippen LogP contribution in [0.25, 0.3) is 0 Å². The fourth-order valence-electron chi connectivity index (χ4n) is 5.32. The Bertz CT molecular complexity index is 1350. The van der Waals surface area contributed by atoms with Gasteiger partial charge in [0.1, 0.15) is 6.04 Å². The third-order valence-electron chi connectivity index (χ3n) is 7.46. The maximum Gasteiger partial charge on any atom is 0.416 e. The molecule has 2 aliphatic rings. The van der Waals surface area contributed by atoms with Gasteiger partial charge in [0.05, 0.1) is 23.1 Å². The second-order valence-corrected chi connectivity index (χ2v) is 9.97. The van der Waals surface area contributed by atoms with Gasteiger partial charge in [0.25, 0.3) is 5.91 Å². The Kier molecular flexibility index (Phi) is 7.80. The maximum absolute atomic E-state index is 14.1. The number of amides is 4. The van der Waals surface area contributed by atoms with Gasteiger partial charge in [-0.05, 0) is 42.3 Å². The monoisotopic (exact) mass is 584 g/mol. The van der Waals surface area contributed by atoms with Crippen molar-refractivity contribution in [2.45, 2.75) is 44.2 Å². The van der Waals surface area contributed by atoms with Gasteiger partial charge < -0.3 is 20.4 Å². The average molecular weight is 585 g/mol. The van der Waals surface area contributed by atoms with E-state index in [0.29, 0.717) is 12.1 Å². The molecule has 2 aromatic rings. The maximum atomic E-state index is 14.1. The van der Waals surface area contributed by atoms with Crippen molar-refractivity contribution in [3.05, 3.63) is 70.3 Å². The first-order valence-corrected chi connectivity index (χ1v) is 12.6. The number of rotatable bonds is 4. The van der Waals surface area contributed by atoms with E-state index in [1.165, 1.54) is 47.9 Å². The summed E-state index contributed by atoms with van der Waals surface area (Å²) in [4.78, 5) is 55.5. The Balaban J connectivity index is 1.97. The van der Waals surface area contributed by atoms with Crippen LogP contribution in [0.2, 0.25) is 0 Å². The number of carbonyl (C=O) groups excluding carboxylic acids is 4. The van der Waals surface area contributed by atoms with Gasteiger partial charge in [-0.25, -0.2) is 0 Å². The van der Waals surface area contributed by atoms with Gasteiger partial charge in [0.2, 0.25) is 17.7 Å². The number of primary amides is 1. The highest BCUT2D eigenvalue weighted by atomic mass is 19.4. The molecule has 2 heterocycles. The molecule has 220 valence electrons. The predicted octanol–water partition coefficient (Wildman–Crippen LogP) is 3.57. The number of nitrogens with zero attached hydrogens (tertiary/aromatic N) is 3. The lowest BCUT2D eigenvalue weighted by molar-refractivity contribution is -0.143. The van der Waals surface area contributed by atoms with Crippen LogP contribution in [0.15, 0.2) is 42.5 Å². The molecular formula is C27H26F6N4O4. The number of halogens is 6. The van der Waals surface area contributed by atoms with Crippen LogP contribution in [0.1, 0.15) is 58.4 Å². The quantitative estimate of drug-likeness (QED) is 0.555. The smallest absolute Gasteiger partial charge is 0.368 e. The van der Waals surface area contributed by atoms with E-state index in [4.69, 9.17) is 5.73 Å². The molecule has 0 saturated carbocycles. The van der Waals surface area contributed by atoms with Crippen molar-refractivity contribution in [3.63, 3.8) is 0 Å². The molecule has 41 heavy (non-hydrogen) atoms. The van der Waals surface area contributed by atoms with Crippen LogP contribution < -0.4 is 5.73 Å². The summed E-state index contributed by atoms with van der Waals surface area (Å²) in [6.07, 6.45) is -10.4. The van der Waals surface area contributed by atoms with Gasteiger partial charge in [-0.1, -0.05) is 18.2 Å². The number of hydrogen-bond donors (Lipinski definition) is 1. The van der Waals surface area contributed by atoms with Crippen LogP contribution in [0, 0.1) is 0 Å². The third-order valence-corrected chi connectivity index (χ3v) is 7.46. The molecule has 3 atom stereocenters. The molecule has 0 aromatic heterocycles. The van der Waals surface area contributed by atoms with Crippen molar-refractivity contribution in [1.29, 1.82) is 0 Å². The minimum Gasteiger partial charge on any atom is -0.368 e. The first-order valence-electron chi connectivity index (χ1n) is 12.6. The summed E-state index contributed by atoms with van der Waals surface area (Å²) in [7, 11) is 0. The topological polar surface area (TPSA) is 104 Å². The molecule has 3 unspecified atom stereocenters. The fraction of sp³-hybridized carbons (Fsp3) is 0.407. The lowest BCUT2D eigenvalue weighted by Crippen LogP contribution is -2.56. The summed E-state index contributed by atoms with van der Waals surface area (Å²) < 4.78 is 82.9. The highest BCUT2D eigenvalue weighted by molar-refractivity contribution is 6.03. The van der Waals surface area contributed by atoms with E-state index in [9.17, 15) is 45.5 Å². The van der Waals surface area contributed by atoms with E-state index in [-0.39, 0.29) is 49.3 Å². The van der Waals surface area contributed by atoms with Crippen molar-refractivity contribution >= 4 is 23.6 Å². The zero-order valence-electron chi connectivity index (χ0n) is 21.9. The van der Waals surface area contributed by atoms with Crippen molar-refractivity contribution in [1.82, 2.24) is 14.7 Å². The summed E-state index contributed by atoms with van der Waals surface area (Å²) in [6.45, 7) is 2.93. The minimum atomic E-state index is -5.20. The van der Waals surface area contributed by atoms with E-state index in [1.807, 2.05) is 0 Å². The zero-order chi connectivity index (χ0) is 30.4. The summed E-state index contributed by atoms with van der Waals surface area (Å²) in [5.74, 6) is -4.36. The lowest BCUT2D eigenvalue weighted by atomic mass is 9.77. The van der Waals surface area contributed by atoms with Crippen LogP contribution >= 0.6 is 0 Å². The first kappa shape index (κ1) is 29.9. The van der Waals surface area contributed by atoms with Gasteiger partial charge >= 0.3 is 12.4 Å². The Morgan fingerprint density at radius 2 is 1.39 bits per heavy atom. The minimum absolute atomic E-state index is 0.0411. The van der Waals surface area contributed by atoms with Gasteiger partial charge in [0, 0.05) is 38.7 Å². The van der Waals surface area contributed by atoms with Crippen molar-refractivity contribution < 1.29 is 45.5 Å². The fourth-order valence-corrected chi connectivity index (χ4v) is 5.32. The third kappa shape index (κ3) is 5.72. The molecule has 4 amide bonds. The molecule has 8 nitrogen and oxygen atoms in total. The highest BCUT2D eigenvalue weighted by Gasteiger charge is 2.49. The van der Waals surface area contributed by atoms with Crippen LogP contribution in [0.3, 0.4) is 0 Å². The van der Waals surface area contributed by atoms with Crippen molar-refractivity contribution in [3.8, 4) is 0 Å². The van der Waals surface area contributed by atoms with Crippen LogP contribution in [-0.4, -0.2) is 70.5 Å². The molecule has 0 bridgehead atoms. The predicted molar refractivity (Wildman–Crippen MR) is 132 cm³/mol. The van der Waals surface area contributed by atoms with E-state index < -0.39 is 64.8 Å². The SMILES string of the molecule is CC(=O)N1CCN(C(=O)C2c3ccccc3C(=O)N(C(C)C(N)=O)C2c2cc(C(F)(F)F)cc(C(F)(F)F)c2)CC1. The van der Waals surface area contributed by atoms with Crippen molar-refractivity contribution in [2.24, 2.45) is 5.73 Å². The Morgan fingerprint density at radius 3 is 1.88 bits per heavy atom. The summed E-state index contributed by atoms with van der Waals surface area (Å²) >= 11 is 0. The highest BCUT2D eigenvalue weighted by Crippen LogP contribution is 2.47. The number of hydrogen-bond acceptors (Lipinski definition) is 4. The number of alkyl halides is 6. The zero-order valence-corrected chi connectivity index (χ0v) is 21.9. The Hall–Kier alpha value is -4.10. The van der Waals surface area contributed by atoms with E-state index >= 15 is 0 Å². The largest absolute Gasteiger partial charge is 0.416 e. The molecular weight excluding hydrogens is 558 g/mol. The number of piperazine rings is 1. The summed E-state index contributed by atoms with van der Waals surface area (Å²) in [6, 6.07) is 3.32. The van der Waals surface area contributed by atoms with Crippen LogP contribution in [0.4, 0.5) is 26.3 Å². The van der Waals surface area contributed by atoms with Crippen molar-refractivity contribution in [2.75, 3.05) is 26.2 Å². The number of benzene rings is 2. The number of nitrogens with two attached hydrogens (primary N) is 1. The summed E-state index contributed by atoms with van der Waals surface area (Å²) in [5, 5.41) is 0. The van der Waals surface area contributed by atoms with Crippen LogP contribution in [0.5, 0.6) is 0 Å². The standard InChI is InChI=1S/C27H26F6N4O4/c1-14(23(34)39)37-22(16-11-17(26(28,29)30)13-18(12-16)27(31,32)33)21(19-5-3-4-6-20(19)24(37)40)25(41)36-9-7-35(8-10-36)15(2)38/h3-6,11-14,21-22H,7-10H2,1-2H3,(H2,34,39). The molecule has 2 N–H and O–H groups in total. The molecule has 4 rings (SSSR count). The summed E-state index contributed by atoms with van der Waals surface area (Å²) in [5.41, 5.74) is 1.60. The van der Waals surface area contributed by atoms with E-state index in [2.05, 4.69) is 0 Å². The Labute approximate surface area is 230 Å². The number of fused-ring (bicyclic) bond motifs is 1. The van der Waals surface area contributed by atoms with Crippen LogP contribution in [-0.2, 0) is 26.7 Å². The Morgan fingerprint density at radius 1 is 0.878 bits per heavy atom. The molecule has 0 spiro atoms.